The summed E-state index contributed by atoms with van der Waals surface area (Å²) < 4.78 is 5.14. The van der Waals surface area contributed by atoms with Gasteiger partial charge in [-0.1, -0.05) is 42.8 Å². The molecule has 0 amide bonds. The Labute approximate surface area is 118 Å². The van der Waals surface area contributed by atoms with E-state index >= 15 is 0 Å². The molecule has 0 heterocycles. The number of aliphatic carboxylic acids is 1. The van der Waals surface area contributed by atoms with Gasteiger partial charge in [0.25, 0.3) is 0 Å². The van der Waals surface area contributed by atoms with Crippen LogP contribution < -0.4 is 0 Å². The molecule has 2 atom stereocenters. The van der Waals surface area contributed by atoms with E-state index in [1.165, 1.54) is 0 Å². The van der Waals surface area contributed by atoms with Gasteiger partial charge in [0.15, 0.2) is 0 Å². The first-order valence-electron chi connectivity index (χ1n) is 6.79. The number of carboxylic acid groups (broad SMARTS) is 1. The Morgan fingerprint density at radius 2 is 1.90 bits per heavy atom. The fourth-order valence-corrected chi connectivity index (χ4v) is 2.52. The first kappa shape index (κ1) is 14.3. The van der Waals surface area contributed by atoms with E-state index < -0.39 is 23.8 Å². The van der Waals surface area contributed by atoms with Crippen LogP contribution in [0.3, 0.4) is 0 Å². The Balaban J connectivity index is 1.81. The van der Waals surface area contributed by atoms with Gasteiger partial charge in [-0.05, 0) is 24.5 Å². The molecular weight excluding hydrogens is 256 g/mol. The van der Waals surface area contributed by atoms with Gasteiger partial charge in [-0.2, -0.15) is 0 Å². The van der Waals surface area contributed by atoms with Crippen LogP contribution in [0, 0.1) is 11.8 Å². The number of carbonyl (C=O) groups is 2. The molecule has 0 spiro atoms. The molecule has 20 heavy (non-hydrogen) atoms. The standard InChI is InChI=1S/C16H18O4/c17-15(18)13-9-4-10-14(13)16(19)20-11-5-8-12-6-2-1-3-7-12/h1-3,5-8,13-14H,4,9-11H2,(H,17,18)/b8-5+/t13-,14+/m0/s1. The van der Waals surface area contributed by atoms with Crippen molar-refractivity contribution < 1.29 is 19.4 Å². The minimum absolute atomic E-state index is 0.177. The molecule has 1 aliphatic carbocycles. The molecule has 1 aliphatic rings. The normalized spacial score (nSPS) is 22.0. The lowest BCUT2D eigenvalue weighted by Gasteiger charge is -2.13. The average Bonchev–Trinajstić information content (AvgIpc) is 2.94. The lowest BCUT2D eigenvalue weighted by Crippen LogP contribution is -2.26. The lowest BCUT2D eigenvalue weighted by atomic mass is 9.96. The zero-order chi connectivity index (χ0) is 14.4. The van der Waals surface area contributed by atoms with E-state index in [2.05, 4.69) is 0 Å². The number of hydrogen-bond acceptors (Lipinski definition) is 3. The number of carbonyl (C=O) groups excluding carboxylic acids is 1. The molecule has 0 aromatic heterocycles. The van der Waals surface area contributed by atoms with Crippen LogP contribution in [-0.2, 0) is 14.3 Å². The Bertz CT molecular complexity index is 492. The Morgan fingerprint density at radius 1 is 1.20 bits per heavy atom. The predicted molar refractivity (Wildman–Crippen MR) is 74.9 cm³/mol. The smallest absolute Gasteiger partial charge is 0.310 e. The second-order valence-corrected chi connectivity index (χ2v) is 4.93. The molecule has 0 aliphatic heterocycles. The van der Waals surface area contributed by atoms with Crippen LogP contribution in [0.4, 0.5) is 0 Å². The van der Waals surface area contributed by atoms with E-state index in [1.54, 1.807) is 6.08 Å². The van der Waals surface area contributed by atoms with Crippen LogP contribution in [0.5, 0.6) is 0 Å². The van der Waals surface area contributed by atoms with Crippen LogP contribution in [0.25, 0.3) is 6.08 Å². The molecule has 1 aromatic rings. The van der Waals surface area contributed by atoms with Gasteiger partial charge in [-0.15, -0.1) is 0 Å². The highest BCUT2D eigenvalue weighted by atomic mass is 16.5. The van der Waals surface area contributed by atoms with E-state index in [-0.39, 0.29) is 6.61 Å². The van der Waals surface area contributed by atoms with Crippen molar-refractivity contribution in [3.63, 3.8) is 0 Å². The van der Waals surface area contributed by atoms with Gasteiger partial charge >= 0.3 is 11.9 Å². The minimum atomic E-state index is -0.899. The molecule has 0 saturated heterocycles. The molecule has 4 heteroatoms. The number of esters is 1. The highest BCUT2D eigenvalue weighted by molar-refractivity contribution is 5.81. The van der Waals surface area contributed by atoms with Crippen LogP contribution in [0.15, 0.2) is 36.4 Å². The molecule has 4 nitrogen and oxygen atoms in total. The SMILES string of the molecule is O=C(O)[C@H]1CCC[C@H]1C(=O)OC/C=C/c1ccccc1. The van der Waals surface area contributed by atoms with Crippen molar-refractivity contribution in [1.82, 2.24) is 0 Å². The summed E-state index contributed by atoms with van der Waals surface area (Å²) in [6.45, 7) is 0.177. The molecule has 106 valence electrons. The minimum Gasteiger partial charge on any atom is -0.481 e. The molecule has 1 N–H and O–H groups in total. The monoisotopic (exact) mass is 274 g/mol. The number of hydrogen-bond donors (Lipinski definition) is 1. The summed E-state index contributed by atoms with van der Waals surface area (Å²) in [6.07, 6.45) is 5.58. The third-order valence-electron chi connectivity index (χ3n) is 3.57. The Morgan fingerprint density at radius 3 is 2.60 bits per heavy atom. The average molecular weight is 274 g/mol. The highest BCUT2D eigenvalue weighted by Gasteiger charge is 2.38. The summed E-state index contributed by atoms with van der Waals surface area (Å²) in [4.78, 5) is 22.9. The molecule has 0 bridgehead atoms. The van der Waals surface area contributed by atoms with Gasteiger partial charge < -0.3 is 9.84 Å². The molecular formula is C16H18O4. The van der Waals surface area contributed by atoms with Gasteiger partial charge in [0.2, 0.25) is 0 Å². The predicted octanol–water partition coefficient (Wildman–Crippen LogP) is 2.74. The Hall–Kier alpha value is -2.10. The van der Waals surface area contributed by atoms with Gasteiger partial charge in [-0.3, -0.25) is 9.59 Å². The Kier molecular flexibility index (Phi) is 4.93. The first-order valence-corrected chi connectivity index (χ1v) is 6.79. The molecule has 1 fully saturated rings. The van der Waals surface area contributed by atoms with Crippen molar-refractivity contribution >= 4 is 18.0 Å². The lowest BCUT2D eigenvalue weighted by molar-refractivity contribution is -0.155. The fraction of sp³-hybridized carbons (Fsp3) is 0.375. The van der Waals surface area contributed by atoms with Crippen molar-refractivity contribution in [1.29, 1.82) is 0 Å². The maximum Gasteiger partial charge on any atom is 0.310 e. The van der Waals surface area contributed by atoms with Gasteiger partial charge in [0, 0.05) is 0 Å². The molecule has 0 radical (unpaired) electrons. The summed E-state index contributed by atoms with van der Waals surface area (Å²) >= 11 is 0. The summed E-state index contributed by atoms with van der Waals surface area (Å²) in [5, 5.41) is 9.03. The van der Waals surface area contributed by atoms with E-state index in [9.17, 15) is 9.59 Å². The van der Waals surface area contributed by atoms with Crippen LogP contribution in [0.2, 0.25) is 0 Å². The fourth-order valence-electron chi connectivity index (χ4n) is 2.52. The number of ether oxygens (including phenoxy) is 1. The zero-order valence-corrected chi connectivity index (χ0v) is 11.2. The van der Waals surface area contributed by atoms with Crippen molar-refractivity contribution in [3.05, 3.63) is 42.0 Å². The van der Waals surface area contributed by atoms with Crippen LogP contribution in [-0.4, -0.2) is 23.7 Å². The largest absolute Gasteiger partial charge is 0.481 e. The van der Waals surface area contributed by atoms with Crippen LogP contribution >= 0.6 is 0 Å². The topological polar surface area (TPSA) is 63.6 Å². The third kappa shape index (κ3) is 3.70. The number of benzene rings is 1. The maximum atomic E-state index is 11.9. The summed E-state index contributed by atoms with van der Waals surface area (Å²) in [6, 6.07) is 9.71. The second kappa shape index (κ2) is 6.89. The van der Waals surface area contributed by atoms with Crippen molar-refractivity contribution in [2.24, 2.45) is 11.8 Å². The maximum absolute atomic E-state index is 11.9. The van der Waals surface area contributed by atoms with Gasteiger partial charge in [-0.25, -0.2) is 0 Å². The van der Waals surface area contributed by atoms with Gasteiger partial charge in [0.05, 0.1) is 11.8 Å². The van der Waals surface area contributed by atoms with Crippen molar-refractivity contribution in [2.45, 2.75) is 19.3 Å². The van der Waals surface area contributed by atoms with E-state index in [0.717, 1.165) is 12.0 Å². The summed E-state index contributed by atoms with van der Waals surface area (Å²) in [5.41, 5.74) is 1.04. The summed E-state index contributed by atoms with van der Waals surface area (Å²) in [7, 11) is 0. The zero-order valence-electron chi connectivity index (χ0n) is 11.2. The summed E-state index contributed by atoms with van der Waals surface area (Å²) in [5.74, 6) is -2.37. The van der Waals surface area contributed by atoms with E-state index in [1.807, 2.05) is 36.4 Å². The molecule has 1 saturated carbocycles. The molecule has 2 rings (SSSR count). The molecule has 0 unspecified atom stereocenters. The van der Waals surface area contributed by atoms with Crippen molar-refractivity contribution in [3.8, 4) is 0 Å². The van der Waals surface area contributed by atoms with E-state index in [4.69, 9.17) is 9.84 Å². The quantitative estimate of drug-likeness (QED) is 0.838. The highest BCUT2D eigenvalue weighted by Crippen LogP contribution is 2.32. The number of carboxylic acids is 1. The van der Waals surface area contributed by atoms with Crippen molar-refractivity contribution in [2.75, 3.05) is 6.61 Å². The molecule has 1 aromatic carbocycles. The van der Waals surface area contributed by atoms with Crippen LogP contribution in [0.1, 0.15) is 24.8 Å². The second-order valence-electron chi connectivity index (χ2n) is 4.93. The van der Waals surface area contributed by atoms with Gasteiger partial charge in [0.1, 0.15) is 6.61 Å². The number of rotatable bonds is 5. The third-order valence-corrected chi connectivity index (χ3v) is 3.57. The first-order chi connectivity index (χ1) is 9.68. The van der Waals surface area contributed by atoms with E-state index in [0.29, 0.717) is 12.8 Å².